The van der Waals surface area contributed by atoms with Crippen molar-refractivity contribution in [1.29, 1.82) is 0 Å². The monoisotopic (exact) mass is 321 g/mol. The maximum atomic E-state index is 12.6. The minimum atomic E-state index is -0.0752. The molecule has 3 heterocycles. The molecule has 1 aliphatic rings. The number of thiazole rings is 1. The molecule has 0 aliphatic carbocycles. The van der Waals surface area contributed by atoms with E-state index in [0.717, 1.165) is 17.1 Å². The van der Waals surface area contributed by atoms with Gasteiger partial charge in [0.15, 0.2) is 5.82 Å². The molecule has 7 nitrogen and oxygen atoms in total. The van der Waals surface area contributed by atoms with Crippen LogP contribution >= 0.6 is 11.3 Å². The largest absolute Gasteiger partial charge is 0.346 e. The smallest absolute Gasteiger partial charge is 0.329 e. The van der Waals surface area contributed by atoms with Gasteiger partial charge in [0, 0.05) is 19.6 Å². The fraction of sp³-hybridized carbons (Fsp3) is 0.571. The molecule has 3 rings (SSSR count). The summed E-state index contributed by atoms with van der Waals surface area (Å²) in [5, 5.41) is 5.25. The van der Waals surface area contributed by atoms with Crippen LogP contribution in [0.2, 0.25) is 0 Å². The third-order valence-corrected chi connectivity index (χ3v) is 4.81. The molecule has 1 amide bonds. The fourth-order valence-electron chi connectivity index (χ4n) is 2.70. The summed E-state index contributed by atoms with van der Waals surface area (Å²) in [5.74, 6) is 0.642. The molecule has 0 spiro atoms. The van der Waals surface area contributed by atoms with Crippen molar-refractivity contribution >= 4 is 17.2 Å². The summed E-state index contributed by atoms with van der Waals surface area (Å²) in [7, 11) is 0. The molecule has 2 aromatic rings. The highest BCUT2D eigenvalue weighted by Gasteiger charge is 2.27. The van der Waals surface area contributed by atoms with Gasteiger partial charge in [-0.1, -0.05) is 6.92 Å². The van der Waals surface area contributed by atoms with Crippen LogP contribution in [0.1, 0.15) is 39.5 Å². The van der Waals surface area contributed by atoms with Crippen molar-refractivity contribution in [3.63, 3.8) is 0 Å². The van der Waals surface area contributed by atoms with Crippen LogP contribution in [-0.2, 0) is 19.6 Å². The van der Waals surface area contributed by atoms with Crippen molar-refractivity contribution in [2.45, 2.75) is 46.8 Å². The standard InChI is InChI=1S/C14H19N5O2S/c1-4-5-19-14(21)18-7-6-17(8-11(18)16-19)13(20)12-9(2)15-10(3)22-12/h4-8H2,1-3H3. The van der Waals surface area contributed by atoms with Crippen LogP contribution in [0.5, 0.6) is 0 Å². The van der Waals surface area contributed by atoms with Gasteiger partial charge in [0.05, 0.1) is 17.2 Å². The molecule has 0 N–H and O–H groups in total. The Hall–Kier alpha value is -1.96. The molecular weight excluding hydrogens is 302 g/mol. The summed E-state index contributed by atoms with van der Waals surface area (Å²) in [5.41, 5.74) is 0.695. The summed E-state index contributed by atoms with van der Waals surface area (Å²) in [6.45, 7) is 7.78. The zero-order valence-electron chi connectivity index (χ0n) is 13.0. The van der Waals surface area contributed by atoms with E-state index in [2.05, 4.69) is 10.1 Å². The summed E-state index contributed by atoms with van der Waals surface area (Å²) < 4.78 is 3.16. The van der Waals surface area contributed by atoms with Gasteiger partial charge in [-0.2, -0.15) is 5.10 Å². The molecule has 118 valence electrons. The van der Waals surface area contributed by atoms with Gasteiger partial charge in [0.2, 0.25) is 0 Å². The summed E-state index contributed by atoms with van der Waals surface area (Å²) in [4.78, 5) is 31.5. The van der Waals surface area contributed by atoms with Crippen LogP contribution in [-0.4, -0.2) is 36.7 Å². The summed E-state index contributed by atoms with van der Waals surface area (Å²) in [6.07, 6.45) is 0.859. The topological polar surface area (TPSA) is 73.0 Å². The maximum absolute atomic E-state index is 12.6. The second-order valence-electron chi connectivity index (χ2n) is 5.45. The first kappa shape index (κ1) is 15.0. The molecule has 0 unspecified atom stereocenters. The quantitative estimate of drug-likeness (QED) is 0.851. The third kappa shape index (κ3) is 2.47. The van der Waals surface area contributed by atoms with Crippen LogP contribution in [0, 0.1) is 13.8 Å². The van der Waals surface area contributed by atoms with Crippen molar-refractivity contribution in [1.82, 2.24) is 24.2 Å². The normalized spacial score (nSPS) is 14.2. The number of carbonyl (C=O) groups excluding carboxylic acids is 1. The molecule has 8 heteroatoms. The van der Waals surface area contributed by atoms with E-state index in [9.17, 15) is 9.59 Å². The predicted octanol–water partition coefficient (Wildman–Crippen LogP) is 1.18. The second kappa shape index (κ2) is 5.68. The first-order valence-corrected chi connectivity index (χ1v) is 8.22. The Morgan fingerprint density at radius 3 is 2.73 bits per heavy atom. The highest BCUT2D eigenvalue weighted by atomic mass is 32.1. The van der Waals surface area contributed by atoms with Gasteiger partial charge in [-0.05, 0) is 20.3 Å². The Bertz CT molecular complexity index is 773. The SMILES string of the molecule is CCCn1nc2n(c1=O)CCN(C(=O)c1sc(C)nc1C)C2. The number of aryl methyl sites for hydroxylation is 3. The first-order chi connectivity index (χ1) is 10.5. The number of rotatable bonds is 3. The molecule has 1 aliphatic heterocycles. The molecule has 0 aromatic carbocycles. The minimum absolute atomic E-state index is 0.0214. The lowest BCUT2D eigenvalue weighted by Gasteiger charge is -2.26. The Labute approximate surface area is 132 Å². The van der Waals surface area contributed by atoms with Gasteiger partial charge in [0.25, 0.3) is 5.91 Å². The average Bonchev–Trinajstić information content (AvgIpc) is 2.98. The van der Waals surface area contributed by atoms with Crippen molar-refractivity contribution in [3.05, 3.63) is 31.9 Å². The third-order valence-electron chi connectivity index (χ3n) is 3.75. The van der Waals surface area contributed by atoms with Crippen molar-refractivity contribution in [3.8, 4) is 0 Å². The highest BCUT2D eigenvalue weighted by molar-refractivity contribution is 7.13. The summed E-state index contributed by atoms with van der Waals surface area (Å²) in [6, 6.07) is 0. The Kier molecular flexibility index (Phi) is 3.86. The zero-order chi connectivity index (χ0) is 15.9. The molecule has 0 fully saturated rings. The molecule has 22 heavy (non-hydrogen) atoms. The Balaban J connectivity index is 1.85. The molecule has 2 aromatic heterocycles. The van der Waals surface area contributed by atoms with E-state index in [1.807, 2.05) is 20.8 Å². The van der Waals surface area contributed by atoms with Gasteiger partial charge in [0.1, 0.15) is 4.88 Å². The fourth-order valence-corrected chi connectivity index (χ4v) is 3.59. The summed E-state index contributed by atoms with van der Waals surface area (Å²) >= 11 is 1.42. The van der Waals surface area contributed by atoms with Gasteiger partial charge in [-0.3, -0.25) is 9.36 Å². The van der Waals surface area contributed by atoms with Gasteiger partial charge >= 0.3 is 5.69 Å². The van der Waals surface area contributed by atoms with E-state index in [1.54, 1.807) is 9.47 Å². The number of aromatic nitrogens is 4. The number of amides is 1. The van der Waals surface area contributed by atoms with Gasteiger partial charge in [-0.15, -0.1) is 11.3 Å². The highest BCUT2D eigenvalue weighted by Crippen LogP contribution is 2.21. The van der Waals surface area contributed by atoms with E-state index >= 15 is 0 Å². The predicted molar refractivity (Wildman–Crippen MR) is 83.1 cm³/mol. The lowest BCUT2D eigenvalue weighted by atomic mass is 10.3. The van der Waals surface area contributed by atoms with Crippen LogP contribution < -0.4 is 5.69 Å². The van der Waals surface area contributed by atoms with E-state index in [-0.39, 0.29) is 11.6 Å². The number of fused-ring (bicyclic) bond motifs is 1. The average molecular weight is 321 g/mol. The van der Waals surface area contributed by atoms with Crippen LogP contribution in [0.25, 0.3) is 0 Å². The lowest BCUT2D eigenvalue weighted by Crippen LogP contribution is -2.40. The molecular formula is C14H19N5O2S. The van der Waals surface area contributed by atoms with E-state index in [4.69, 9.17) is 0 Å². The van der Waals surface area contributed by atoms with Crippen LogP contribution in [0.4, 0.5) is 0 Å². The molecule has 0 bridgehead atoms. The van der Waals surface area contributed by atoms with Crippen molar-refractivity contribution in [2.24, 2.45) is 0 Å². The van der Waals surface area contributed by atoms with Crippen molar-refractivity contribution in [2.75, 3.05) is 6.54 Å². The zero-order valence-corrected chi connectivity index (χ0v) is 13.8. The number of hydrogen-bond acceptors (Lipinski definition) is 5. The van der Waals surface area contributed by atoms with Crippen LogP contribution in [0.15, 0.2) is 4.79 Å². The number of nitrogens with zero attached hydrogens (tertiary/aromatic N) is 5. The Morgan fingerprint density at radius 2 is 2.09 bits per heavy atom. The van der Waals surface area contributed by atoms with E-state index in [0.29, 0.717) is 36.9 Å². The molecule has 0 atom stereocenters. The molecule has 0 saturated heterocycles. The minimum Gasteiger partial charge on any atom is -0.329 e. The van der Waals surface area contributed by atoms with Crippen LogP contribution in [0.3, 0.4) is 0 Å². The van der Waals surface area contributed by atoms with Crippen molar-refractivity contribution < 1.29 is 4.79 Å². The van der Waals surface area contributed by atoms with Gasteiger partial charge < -0.3 is 4.90 Å². The van der Waals surface area contributed by atoms with Gasteiger partial charge in [-0.25, -0.2) is 14.5 Å². The number of hydrogen-bond donors (Lipinski definition) is 0. The Morgan fingerprint density at radius 1 is 1.32 bits per heavy atom. The second-order valence-corrected chi connectivity index (χ2v) is 6.65. The van der Waals surface area contributed by atoms with E-state index < -0.39 is 0 Å². The molecule has 0 radical (unpaired) electrons. The molecule has 0 saturated carbocycles. The number of carbonyl (C=O) groups is 1. The van der Waals surface area contributed by atoms with E-state index in [1.165, 1.54) is 16.0 Å². The maximum Gasteiger partial charge on any atom is 0.346 e. The lowest BCUT2D eigenvalue weighted by molar-refractivity contribution is 0.0710. The first-order valence-electron chi connectivity index (χ1n) is 7.41.